The van der Waals surface area contributed by atoms with Crippen LogP contribution in [0.4, 0.5) is 16.2 Å². The molecule has 0 heterocycles. The number of rotatable bonds is 5. The third-order valence-corrected chi connectivity index (χ3v) is 4.15. The van der Waals surface area contributed by atoms with Crippen LogP contribution in [0.3, 0.4) is 0 Å². The number of hydrogen-bond donors (Lipinski definition) is 2. The molecule has 1 fully saturated rings. The van der Waals surface area contributed by atoms with Gasteiger partial charge in [-0.1, -0.05) is 18.2 Å². The van der Waals surface area contributed by atoms with Crippen molar-refractivity contribution in [3.05, 3.63) is 59.7 Å². The highest BCUT2D eigenvalue weighted by atomic mass is 16.2. The lowest BCUT2D eigenvalue weighted by molar-refractivity contribution is -0.117. The zero-order valence-electron chi connectivity index (χ0n) is 14.5. The number of carbonyl (C=O) groups is 2. The molecule has 0 aromatic heterocycles. The summed E-state index contributed by atoms with van der Waals surface area (Å²) < 4.78 is 0. The highest BCUT2D eigenvalue weighted by Crippen LogP contribution is 2.30. The van der Waals surface area contributed by atoms with Crippen molar-refractivity contribution in [3.8, 4) is 6.07 Å². The predicted octanol–water partition coefficient (Wildman–Crippen LogP) is 3.57. The van der Waals surface area contributed by atoms with Gasteiger partial charge in [-0.25, -0.2) is 4.79 Å². The van der Waals surface area contributed by atoms with E-state index in [1.165, 1.54) is 4.90 Å². The molecule has 2 aromatic rings. The van der Waals surface area contributed by atoms with Crippen LogP contribution in [0.15, 0.2) is 48.5 Å². The molecule has 2 N–H and O–H groups in total. The summed E-state index contributed by atoms with van der Waals surface area (Å²) in [4.78, 5) is 25.8. The second kappa shape index (κ2) is 7.70. The van der Waals surface area contributed by atoms with Crippen molar-refractivity contribution >= 4 is 23.3 Å². The van der Waals surface area contributed by atoms with Gasteiger partial charge in [0.25, 0.3) is 0 Å². The van der Waals surface area contributed by atoms with Gasteiger partial charge in [0.1, 0.15) is 0 Å². The van der Waals surface area contributed by atoms with Crippen molar-refractivity contribution in [2.75, 3.05) is 17.7 Å². The topological polar surface area (TPSA) is 85.2 Å². The number of benzene rings is 2. The highest BCUT2D eigenvalue weighted by molar-refractivity contribution is 5.95. The van der Waals surface area contributed by atoms with Crippen LogP contribution in [-0.2, 0) is 11.3 Å². The maximum Gasteiger partial charge on any atom is 0.321 e. The molecule has 0 saturated heterocycles. The molecule has 2 aromatic carbocycles. The standard InChI is InChI=1S/C20H20N4O2/c1-24(13-15-5-2-4-14(10-15)12-21)20(26)23-18-7-3-6-17(11-18)22-19(25)16-8-9-16/h2-7,10-11,16H,8-9,13H2,1H3,(H,22,25)(H,23,26). The number of nitrogens with zero attached hydrogens (tertiary/aromatic N) is 2. The summed E-state index contributed by atoms with van der Waals surface area (Å²) in [6, 6.07) is 16.1. The Bertz CT molecular complexity index is 868. The molecule has 1 aliphatic rings. The molecule has 0 atom stereocenters. The molecule has 1 aliphatic carbocycles. The normalized spacial score (nSPS) is 12.8. The summed E-state index contributed by atoms with van der Waals surface area (Å²) in [6.07, 6.45) is 1.89. The van der Waals surface area contributed by atoms with E-state index < -0.39 is 0 Å². The Morgan fingerprint density at radius 3 is 2.50 bits per heavy atom. The summed E-state index contributed by atoms with van der Waals surface area (Å²) in [7, 11) is 1.69. The molecule has 0 unspecified atom stereocenters. The van der Waals surface area contributed by atoms with Crippen LogP contribution in [0.5, 0.6) is 0 Å². The molecule has 3 amide bonds. The van der Waals surface area contributed by atoms with Gasteiger partial charge in [0.2, 0.25) is 5.91 Å². The second-order valence-corrected chi connectivity index (χ2v) is 6.44. The maximum absolute atomic E-state index is 12.4. The first-order valence-electron chi connectivity index (χ1n) is 8.47. The van der Waals surface area contributed by atoms with E-state index in [2.05, 4.69) is 16.7 Å². The first-order valence-corrected chi connectivity index (χ1v) is 8.47. The smallest absolute Gasteiger partial charge is 0.321 e. The van der Waals surface area contributed by atoms with E-state index >= 15 is 0 Å². The van der Waals surface area contributed by atoms with Crippen molar-refractivity contribution in [1.29, 1.82) is 5.26 Å². The number of carbonyl (C=O) groups excluding carboxylic acids is 2. The zero-order chi connectivity index (χ0) is 18.5. The average Bonchev–Trinajstić information content (AvgIpc) is 3.47. The van der Waals surface area contributed by atoms with Crippen molar-refractivity contribution in [3.63, 3.8) is 0 Å². The Kier molecular flexibility index (Phi) is 5.18. The summed E-state index contributed by atoms with van der Waals surface area (Å²) in [5.74, 6) is 0.159. The number of hydrogen-bond acceptors (Lipinski definition) is 3. The number of amides is 3. The van der Waals surface area contributed by atoms with E-state index in [1.54, 1.807) is 49.5 Å². The lowest BCUT2D eigenvalue weighted by Crippen LogP contribution is -2.30. The number of nitriles is 1. The van der Waals surface area contributed by atoms with E-state index in [0.29, 0.717) is 23.5 Å². The molecule has 1 saturated carbocycles. The summed E-state index contributed by atoms with van der Waals surface area (Å²) in [6.45, 7) is 0.388. The number of anilines is 2. The minimum absolute atomic E-state index is 0.0305. The van der Waals surface area contributed by atoms with Gasteiger partial charge in [-0.3, -0.25) is 4.79 Å². The van der Waals surface area contributed by atoms with Crippen LogP contribution in [0.2, 0.25) is 0 Å². The van der Waals surface area contributed by atoms with E-state index in [4.69, 9.17) is 5.26 Å². The quantitative estimate of drug-likeness (QED) is 0.866. The summed E-state index contributed by atoms with van der Waals surface area (Å²) in [5.41, 5.74) is 2.73. The SMILES string of the molecule is CN(Cc1cccc(C#N)c1)C(=O)Nc1cccc(NC(=O)C2CC2)c1. The largest absolute Gasteiger partial charge is 0.326 e. The van der Waals surface area contributed by atoms with Crippen LogP contribution < -0.4 is 10.6 Å². The first-order chi connectivity index (χ1) is 12.5. The number of urea groups is 1. The number of nitrogens with one attached hydrogen (secondary N) is 2. The Morgan fingerprint density at radius 1 is 1.12 bits per heavy atom. The average molecular weight is 348 g/mol. The fourth-order valence-corrected chi connectivity index (χ4v) is 2.57. The van der Waals surface area contributed by atoms with E-state index in [-0.39, 0.29) is 17.9 Å². The lowest BCUT2D eigenvalue weighted by Gasteiger charge is -2.18. The summed E-state index contributed by atoms with van der Waals surface area (Å²) >= 11 is 0. The molecule has 26 heavy (non-hydrogen) atoms. The highest BCUT2D eigenvalue weighted by Gasteiger charge is 2.29. The van der Waals surface area contributed by atoms with E-state index in [0.717, 1.165) is 18.4 Å². The van der Waals surface area contributed by atoms with Crippen molar-refractivity contribution in [2.24, 2.45) is 5.92 Å². The van der Waals surface area contributed by atoms with Crippen LogP contribution >= 0.6 is 0 Å². The molecule has 0 spiro atoms. The van der Waals surface area contributed by atoms with Crippen molar-refractivity contribution < 1.29 is 9.59 Å². The molecular formula is C20H20N4O2. The van der Waals surface area contributed by atoms with Crippen LogP contribution in [0.1, 0.15) is 24.0 Å². The fraction of sp³-hybridized carbons (Fsp3) is 0.250. The van der Waals surface area contributed by atoms with Gasteiger partial charge in [-0.05, 0) is 48.7 Å². The second-order valence-electron chi connectivity index (χ2n) is 6.44. The molecule has 3 rings (SSSR count). The van der Waals surface area contributed by atoms with Gasteiger partial charge < -0.3 is 15.5 Å². The van der Waals surface area contributed by atoms with E-state index in [9.17, 15) is 9.59 Å². The fourth-order valence-electron chi connectivity index (χ4n) is 2.57. The van der Waals surface area contributed by atoms with Crippen LogP contribution in [-0.4, -0.2) is 23.9 Å². The molecule has 0 aliphatic heterocycles. The van der Waals surface area contributed by atoms with Gasteiger partial charge >= 0.3 is 6.03 Å². The van der Waals surface area contributed by atoms with Gasteiger partial charge in [-0.15, -0.1) is 0 Å². The summed E-state index contributed by atoms with van der Waals surface area (Å²) in [5, 5.41) is 14.6. The monoisotopic (exact) mass is 348 g/mol. The Hall–Kier alpha value is -3.33. The Balaban J connectivity index is 1.59. The lowest BCUT2D eigenvalue weighted by atomic mass is 10.1. The molecule has 6 nitrogen and oxygen atoms in total. The van der Waals surface area contributed by atoms with Gasteiger partial charge in [-0.2, -0.15) is 5.26 Å². The minimum atomic E-state index is -0.266. The van der Waals surface area contributed by atoms with Gasteiger partial charge in [0.05, 0.1) is 11.6 Å². The molecule has 6 heteroatoms. The zero-order valence-corrected chi connectivity index (χ0v) is 14.5. The maximum atomic E-state index is 12.4. The van der Waals surface area contributed by atoms with Crippen molar-refractivity contribution in [2.45, 2.75) is 19.4 Å². The van der Waals surface area contributed by atoms with Gasteiger partial charge in [0.15, 0.2) is 0 Å². The van der Waals surface area contributed by atoms with Crippen LogP contribution in [0.25, 0.3) is 0 Å². The minimum Gasteiger partial charge on any atom is -0.326 e. The predicted molar refractivity (Wildman–Crippen MR) is 99.4 cm³/mol. The Labute approximate surface area is 152 Å². The van der Waals surface area contributed by atoms with Gasteiger partial charge in [0, 0.05) is 30.9 Å². The van der Waals surface area contributed by atoms with Crippen LogP contribution in [0, 0.1) is 17.2 Å². The third kappa shape index (κ3) is 4.61. The third-order valence-electron chi connectivity index (χ3n) is 4.15. The Morgan fingerprint density at radius 2 is 1.81 bits per heavy atom. The van der Waals surface area contributed by atoms with E-state index in [1.807, 2.05) is 6.07 Å². The molecule has 0 bridgehead atoms. The first kappa shape index (κ1) is 17.5. The van der Waals surface area contributed by atoms with Crippen molar-refractivity contribution in [1.82, 2.24) is 4.90 Å². The molecule has 0 radical (unpaired) electrons. The molecular weight excluding hydrogens is 328 g/mol. The molecule has 132 valence electrons.